The molecule has 1 aliphatic heterocycles. The summed E-state index contributed by atoms with van der Waals surface area (Å²) < 4.78 is 11.6. The van der Waals surface area contributed by atoms with Gasteiger partial charge in [0.1, 0.15) is 17.6 Å². The van der Waals surface area contributed by atoms with Crippen LogP contribution in [0.1, 0.15) is 35.3 Å². The van der Waals surface area contributed by atoms with Crippen molar-refractivity contribution in [3.8, 4) is 11.5 Å². The highest BCUT2D eigenvalue weighted by Crippen LogP contribution is 2.35. The van der Waals surface area contributed by atoms with E-state index in [0.717, 1.165) is 28.4 Å². The fraction of sp³-hybridized carbons (Fsp3) is 0.350. The van der Waals surface area contributed by atoms with Crippen molar-refractivity contribution in [2.24, 2.45) is 0 Å². The van der Waals surface area contributed by atoms with Gasteiger partial charge >= 0.3 is 0 Å². The van der Waals surface area contributed by atoms with E-state index in [9.17, 15) is 4.79 Å². The van der Waals surface area contributed by atoms with Crippen LogP contribution in [0.2, 0.25) is 0 Å². The van der Waals surface area contributed by atoms with Crippen LogP contribution in [0.15, 0.2) is 41.3 Å². The maximum absolute atomic E-state index is 12.6. The van der Waals surface area contributed by atoms with E-state index in [1.807, 2.05) is 49.6 Å². The van der Waals surface area contributed by atoms with E-state index in [1.54, 1.807) is 11.8 Å². The number of carbonyl (C=O) groups is 1. The van der Waals surface area contributed by atoms with Gasteiger partial charge in [-0.05, 0) is 44.4 Å². The first-order chi connectivity index (χ1) is 12.1. The lowest BCUT2D eigenvalue weighted by molar-refractivity contribution is 0.0947. The second kappa shape index (κ2) is 7.83. The van der Waals surface area contributed by atoms with Crippen LogP contribution < -0.4 is 14.8 Å². The third-order valence-corrected chi connectivity index (χ3v) is 4.97. The third-order valence-electron chi connectivity index (χ3n) is 4.17. The van der Waals surface area contributed by atoms with Gasteiger partial charge in [-0.3, -0.25) is 4.79 Å². The Morgan fingerprint density at radius 1 is 1.36 bits per heavy atom. The van der Waals surface area contributed by atoms with Crippen molar-refractivity contribution in [1.29, 1.82) is 0 Å². The zero-order chi connectivity index (χ0) is 17.8. The fourth-order valence-electron chi connectivity index (χ4n) is 3.01. The molecule has 2 aromatic carbocycles. The van der Waals surface area contributed by atoms with Crippen molar-refractivity contribution >= 4 is 17.7 Å². The average molecular weight is 357 g/mol. The first-order valence-corrected chi connectivity index (χ1v) is 9.71. The molecule has 4 nitrogen and oxygen atoms in total. The zero-order valence-corrected chi connectivity index (χ0v) is 15.6. The summed E-state index contributed by atoms with van der Waals surface area (Å²) in [5, 5.41) is 3.00. The maximum Gasteiger partial charge on any atom is 0.252 e. The standard InChI is InChI=1S/C20H23NO3S/c1-4-23-17-10-14-9-13(2)24-18(14)11-15(17)12-21-20(22)16-7-5-6-8-19(16)25-3/h5-8,10-11,13H,4,9,12H2,1-3H3,(H,21,22)/t13-/m0/s1. The minimum absolute atomic E-state index is 0.0813. The van der Waals surface area contributed by atoms with Crippen molar-refractivity contribution < 1.29 is 14.3 Å². The molecule has 0 saturated carbocycles. The van der Waals surface area contributed by atoms with E-state index in [-0.39, 0.29) is 12.0 Å². The molecule has 0 aliphatic carbocycles. The van der Waals surface area contributed by atoms with Gasteiger partial charge in [-0.1, -0.05) is 12.1 Å². The Labute approximate surface area is 152 Å². The predicted molar refractivity (Wildman–Crippen MR) is 101 cm³/mol. The minimum Gasteiger partial charge on any atom is -0.494 e. The fourth-order valence-corrected chi connectivity index (χ4v) is 3.61. The minimum atomic E-state index is -0.0813. The van der Waals surface area contributed by atoms with Crippen LogP contribution in [0.25, 0.3) is 0 Å². The van der Waals surface area contributed by atoms with Crippen molar-refractivity contribution in [2.75, 3.05) is 12.9 Å². The Bertz CT molecular complexity index is 776. The molecule has 1 N–H and O–H groups in total. The van der Waals surface area contributed by atoms with Gasteiger partial charge in [0.25, 0.3) is 5.91 Å². The Morgan fingerprint density at radius 2 is 2.16 bits per heavy atom. The molecule has 0 fully saturated rings. The van der Waals surface area contributed by atoms with E-state index >= 15 is 0 Å². The van der Waals surface area contributed by atoms with Gasteiger partial charge in [-0.15, -0.1) is 11.8 Å². The van der Waals surface area contributed by atoms with Crippen LogP contribution in [0.3, 0.4) is 0 Å². The van der Waals surface area contributed by atoms with Crippen LogP contribution in [-0.2, 0) is 13.0 Å². The molecule has 2 aromatic rings. The molecule has 1 heterocycles. The summed E-state index contributed by atoms with van der Waals surface area (Å²) >= 11 is 1.57. The van der Waals surface area contributed by atoms with E-state index in [4.69, 9.17) is 9.47 Å². The molecule has 0 saturated heterocycles. The van der Waals surface area contributed by atoms with E-state index in [1.165, 1.54) is 5.56 Å². The second-order valence-corrected chi connectivity index (χ2v) is 6.86. The first kappa shape index (κ1) is 17.7. The van der Waals surface area contributed by atoms with Crippen LogP contribution >= 0.6 is 11.8 Å². The number of hydrogen-bond acceptors (Lipinski definition) is 4. The molecule has 25 heavy (non-hydrogen) atoms. The second-order valence-electron chi connectivity index (χ2n) is 6.02. The van der Waals surface area contributed by atoms with E-state index < -0.39 is 0 Å². The predicted octanol–water partition coefficient (Wildman–Crippen LogP) is 4.06. The number of carbonyl (C=O) groups excluding carboxylic acids is 1. The normalized spacial score (nSPS) is 15.4. The summed E-state index contributed by atoms with van der Waals surface area (Å²) in [4.78, 5) is 13.5. The molecule has 1 amide bonds. The van der Waals surface area contributed by atoms with Crippen LogP contribution in [-0.4, -0.2) is 24.9 Å². The molecule has 0 bridgehead atoms. The quantitative estimate of drug-likeness (QED) is 0.792. The lowest BCUT2D eigenvalue weighted by Crippen LogP contribution is -2.23. The highest BCUT2D eigenvalue weighted by molar-refractivity contribution is 7.98. The highest BCUT2D eigenvalue weighted by Gasteiger charge is 2.22. The summed E-state index contributed by atoms with van der Waals surface area (Å²) in [7, 11) is 0. The number of fused-ring (bicyclic) bond motifs is 1. The van der Waals surface area contributed by atoms with Crippen LogP contribution in [0.4, 0.5) is 0 Å². The van der Waals surface area contributed by atoms with Crippen LogP contribution in [0.5, 0.6) is 11.5 Å². The molecule has 5 heteroatoms. The maximum atomic E-state index is 12.6. The molecular weight excluding hydrogens is 334 g/mol. The van der Waals surface area contributed by atoms with Gasteiger partial charge in [0.2, 0.25) is 0 Å². The molecule has 0 unspecified atom stereocenters. The van der Waals surface area contributed by atoms with E-state index in [2.05, 4.69) is 12.2 Å². The SMILES string of the molecule is CCOc1cc2c(cc1CNC(=O)c1ccccc1SC)O[C@@H](C)C2. The lowest BCUT2D eigenvalue weighted by Gasteiger charge is -2.14. The van der Waals surface area contributed by atoms with Crippen LogP contribution in [0, 0.1) is 0 Å². The van der Waals surface area contributed by atoms with Gasteiger partial charge in [0, 0.05) is 29.0 Å². The average Bonchev–Trinajstić information content (AvgIpc) is 2.98. The number of nitrogens with one attached hydrogen (secondary N) is 1. The highest BCUT2D eigenvalue weighted by atomic mass is 32.2. The lowest BCUT2D eigenvalue weighted by atomic mass is 10.1. The monoisotopic (exact) mass is 357 g/mol. The number of thioether (sulfide) groups is 1. The molecule has 132 valence electrons. The van der Waals surface area contributed by atoms with Gasteiger partial charge in [-0.2, -0.15) is 0 Å². The molecule has 1 aliphatic rings. The van der Waals surface area contributed by atoms with Crippen molar-refractivity contribution in [1.82, 2.24) is 5.32 Å². The Balaban J connectivity index is 1.78. The number of benzene rings is 2. The molecular formula is C20H23NO3S. The van der Waals surface area contributed by atoms with Gasteiger partial charge in [0.05, 0.1) is 12.2 Å². The van der Waals surface area contributed by atoms with E-state index in [0.29, 0.717) is 18.7 Å². The summed E-state index contributed by atoms with van der Waals surface area (Å²) in [6.07, 6.45) is 3.05. The molecule has 0 spiro atoms. The van der Waals surface area contributed by atoms with Crippen molar-refractivity contribution in [3.63, 3.8) is 0 Å². The molecule has 3 rings (SSSR count). The topological polar surface area (TPSA) is 47.6 Å². The molecule has 1 atom stereocenters. The van der Waals surface area contributed by atoms with Gasteiger partial charge < -0.3 is 14.8 Å². The zero-order valence-electron chi connectivity index (χ0n) is 14.8. The number of hydrogen-bond donors (Lipinski definition) is 1. The first-order valence-electron chi connectivity index (χ1n) is 8.48. The summed E-state index contributed by atoms with van der Waals surface area (Å²) in [5.74, 6) is 1.63. The summed E-state index contributed by atoms with van der Waals surface area (Å²) in [5.41, 5.74) is 2.79. The molecule has 0 radical (unpaired) electrons. The number of ether oxygens (including phenoxy) is 2. The smallest absolute Gasteiger partial charge is 0.252 e. The van der Waals surface area contributed by atoms with Crippen molar-refractivity contribution in [3.05, 3.63) is 53.1 Å². The van der Waals surface area contributed by atoms with Gasteiger partial charge in [0.15, 0.2) is 0 Å². The largest absolute Gasteiger partial charge is 0.494 e. The van der Waals surface area contributed by atoms with Crippen molar-refractivity contribution in [2.45, 2.75) is 37.8 Å². The molecule has 0 aromatic heterocycles. The Kier molecular flexibility index (Phi) is 5.53. The number of rotatable bonds is 6. The van der Waals surface area contributed by atoms with Gasteiger partial charge in [-0.25, -0.2) is 0 Å². The Hall–Kier alpha value is -2.14. The number of amides is 1. The third kappa shape index (κ3) is 3.93. The summed E-state index contributed by atoms with van der Waals surface area (Å²) in [6.45, 7) is 5.01. The Morgan fingerprint density at radius 3 is 2.92 bits per heavy atom. The summed E-state index contributed by atoms with van der Waals surface area (Å²) in [6, 6.07) is 11.7.